The zero-order valence-corrected chi connectivity index (χ0v) is 10.8. The van der Waals surface area contributed by atoms with Crippen LogP contribution in [-0.4, -0.2) is 12.8 Å². The van der Waals surface area contributed by atoms with Crippen molar-refractivity contribution in [3.05, 3.63) is 48.0 Å². The number of rotatable bonds is 5. The summed E-state index contributed by atoms with van der Waals surface area (Å²) in [5.74, 6) is 0. The predicted molar refractivity (Wildman–Crippen MR) is 71.8 cm³/mol. The molecule has 0 amide bonds. The molecule has 2 nitrogen and oxygen atoms in total. The molecule has 2 aromatic carbocycles. The highest BCUT2D eigenvalue weighted by molar-refractivity contribution is 7.39. The highest BCUT2D eigenvalue weighted by Gasteiger charge is 2.15. The molecule has 2 aromatic rings. The van der Waals surface area contributed by atoms with Crippen LogP contribution >= 0.6 is 8.03 Å². The molecule has 0 N–H and O–H groups in total. The first kappa shape index (κ1) is 12.2. The minimum atomic E-state index is -1.50. The maximum absolute atomic E-state index is 11.4. The van der Waals surface area contributed by atoms with Gasteiger partial charge in [-0.2, -0.15) is 0 Å². The lowest BCUT2D eigenvalue weighted by Crippen LogP contribution is -1.90. The summed E-state index contributed by atoms with van der Waals surface area (Å²) in [5, 5.41) is 2.47. The average Bonchev–Trinajstić information content (AvgIpc) is 2.36. The van der Waals surface area contributed by atoms with Gasteiger partial charge in [-0.1, -0.05) is 42.5 Å². The second-order valence-electron chi connectivity index (χ2n) is 3.91. The SMILES string of the molecule is CCO[P+](=O)CCc1ccc2ccccc2c1. The van der Waals surface area contributed by atoms with Crippen LogP contribution in [-0.2, 0) is 15.5 Å². The van der Waals surface area contributed by atoms with Gasteiger partial charge < -0.3 is 0 Å². The van der Waals surface area contributed by atoms with Crippen LogP contribution in [0.2, 0.25) is 0 Å². The van der Waals surface area contributed by atoms with Crippen molar-refractivity contribution in [3.63, 3.8) is 0 Å². The molecule has 0 spiro atoms. The van der Waals surface area contributed by atoms with Crippen LogP contribution in [0.1, 0.15) is 12.5 Å². The summed E-state index contributed by atoms with van der Waals surface area (Å²) in [6, 6.07) is 14.6. The minimum Gasteiger partial charge on any atom is -0.147 e. The number of benzene rings is 2. The van der Waals surface area contributed by atoms with E-state index in [9.17, 15) is 4.57 Å². The van der Waals surface area contributed by atoms with E-state index in [4.69, 9.17) is 4.52 Å². The van der Waals surface area contributed by atoms with Crippen molar-refractivity contribution >= 4 is 18.8 Å². The van der Waals surface area contributed by atoms with Crippen molar-refractivity contribution < 1.29 is 9.09 Å². The van der Waals surface area contributed by atoms with Gasteiger partial charge >= 0.3 is 8.03 Å². The lowest BCUT2D eigenvalue weighted by molar-refractivity contribution is 0.350. The van der Waals surface area contributed by atoms with Gasteiger partial charge in [-0.15, -0.1) is 4.52 Å². The first-order chi connectivity index (χ1) is 8.29. The number of fused-ring (bicyclic) bond motifs is 1. The van der Waals surface area contributed by atoms with E-state index in [1.807, 2.05) is 19.1 Å². The summed E-state index contributed by atoms with van der Waals surface area (Å²) >= 11 is 0. The maximum atomic E-state index is 11.4. The van der Waals surface area contributed by atoms with E-state index in [1.54, 1.807) is 0 Å². The van der Waals surface area contributed by atoms with Gasteiger partial charge in [-0.05, 0) is 27.8 Å². The van der Waals surface area contributed by atoms with Crippen molar-refractivity contribution in [2.75, 3.05) is 12.8 Å². The van der Waals surface area contributed by atoms with Gasteiger partial charge in [-0.25, -0.2) is 0 Å². The highest BCUT2D eigenvalue weighted by atomic mass is 31.1. The third kappa shape index (κ3) is 3.36. The van der Waals surface area contributed by atoms with Gasteiger partial charge in [-0.3, -0.25) is 0 Å². The van der Waals surface area contributed by atoms with Crippen LogP contribution in [0.25, 0.3) is 10.8 Å². The maximum Gasteiger partial charge on any atom is 0.508 e. The molecule has 0 aliphatic carbocycles. The summed E-state index contributed by atoms with van der Waals surface area (Å²) in [4.78, 5) is 0. The molecule has 0 radical (unpaired) electrons. The fourth-order valence-electron chi connectivity index (χ4n) is 1.82. The summed E-state index contributed by atoms with van der Waals surface area (Å²) in [7, 11) is -1.50. The Hall–Kier alpha value is -1.24. The second kappa shape index (κ2) is 5.90. The standard InChI is InChI=1S/C14H16O2P/c1-2-16-17(15)10-9-12-7-8-13-5-3-4-6-14(13)11-12/h3-8,11H,2,9-10H2,1H3/q+1. The van der Waals surface area contributed by atoms with Gasteiger partial charge in [0.1, 0.15) is 0 Å². The van der Waals surface area contributed by atoms with Crippen molar-refractivity contribution in [1.82, 2.24) is 0 Å². The van der Waals surface area contributed by atoms with E-state index in [2.05, 4.69) is 30.3 Å². The Morgan fingerprint density at radius 3 is 2.65 bits per heavy atom. The summed E-state index contributed by atoms with van der Waals surface area (Å²) in [6.07, 6.45) is 1.40. The summed E-state index contributed by atoms with van der Waals surface area (Å²) in [5.41, 5.74) is 1.21. The molecule has 1 atom stereocenters. The van der Waals surface area contributed by atoms with Gasteiger partial charge in [0.05, 0.1) is 6.61 Å². The van der Waals surface area contributed by atoms with Crippen LogP contribution in [0.4, 0.5) is 0 Å². The van der Waals surface area contributed by atoms with Gasteiger partial charge in [0.25, 0.3) is 0 Å². The normalized spacial score (nSPS) is 11.7. The molecule has 0 aliphatic rings. The van der Waals surface area contributed by atoms with Gasteiger partial charge in [0.15, 0.2) is 6.16 Å². The molecule has 3 heteroatoms. The quantitative estimate of drug-likeness (QED) is 0.741. The monoisotopic (exact) mass is 247 g/mol. The molecule has 0 heterocycles. The molecule has 0 saturated carbocycles. The second-order valence-corrected chi connectivity index (χ2v) is 5.28. The third-order valence-corrected chi connectivity index (χ3v) is 3.80. The van der Waals surface area contributed by atoms with Crippen molar-refractivity contribution in [2.24, 2.45) is 0 Å². The van der Waals surface area contributed by atoms with E-state index in [1.165, 1.54) is 16.3 Å². The van der Waals surface area contributed by atoms with Crippen LogP contribution in [0.5, 0.6) is 0 Å². The highest BCUT2D eigenvalue weighted by Crippen LogP contribution is 2.24. The Morgan fingerprint density at radius 1 is 1.12 bits per heavy atom. The molecular formula is C14H16O2P+. The summed E-state index contributed by atoms with van der Waals surface area (Å²) < 4.78 is 16.5. The van der Waals surface area contributed by atoms with Crippen molar-refractivity contribution in [3.8, 4) is 0 Å². The molecule has 0 saturated heterocycles. The average molecular weight is 247 g/mol. The lowest BCUT2D eigenvalue weighted by atomic mass is 10.1. The minimum absolute atomic E-state index is 0.521. The van der Waals surface area contributed by atoms with Crippen LogP contribution < -0.4 is 0 Å². The Kier molecular flexibility index (Phi) is 4.24. The molecule has 0 aromatic heterocycles. The molecule has 88 valence electrons. The molecule has 0 bridgehead atoms. The topological polar surface area (TPSA) is 26.3 Å². The molecule has 0 aliphatic heterocycles. The Balaban J connectivity index is 2.06. The zero-order chi connectivity index (χ0) is 12.1. The lowest BCUT2D eigenvalue weighted by Gasteiger charge is -2.00. The van der Waals surface area contributed by atoms with Gasteiger partial charge in [0.2, 0.25) is 0 Å². The summed E-state index contributed by atoms with van der Waals surface area (Å²) in [6.45, 7) is 2.39. The van der Waals surface area contributed by atoms with Crippen LogP contribution in [0.15, 0.2) is 42.5 Å². The van der Waals surface area contributed by atoms with E-state index in [0.717, 1.165) is 6.42 Å². The Morgan fingerprint density at radius 2 is 1.88 bits per heavy atom. The Bertz CT molecular complexity index is 522. The smallest absolute Gasteiger partial charge is 0.147 e. The number of aryl methyl sites for hydroxylation is 1. The molecule has 2 rings (SSSR count). The largest absolute Gasteiger partial charge is 0.508 e. The molecule has 0 fully saturated rings. The van der Waals surface area contributed by atoms with Gasteiger partial charge in [0, 0.05) is 6.42 Å². The zero-order valence-electron chi connectivity index (χ0n) is 9.93. The fraction of sp³-hybridized carbons (Fsp3) is 0.286. The van der Waals surface area contributed by atoms with E-state index in [-0.39, 0.29) is 0 Å². The molecular weight excluding hydrogens is 231 g/mol. The van der Waals surface area contributed by atoms with E-state index >= 15 is 0 Å². The predicted octanol–water partition coefficient (Wildman–Crippen LogP) is 4.16. The van der Waals surface area contributed by atoms with Crippen LogP contribution in [0, 0.1) is 0 Å². The molecule has 1 unspecified atom stereocenters. The Labute approximate surface area is 102 Å². The van der Waals surface area contributed by atoms with Crippen molar-refractivity contribution in [1.29, 1.82) is 0 Å². The van der Waals surface area contributed by atoms with E-state index in [0.29, 0.717) is 12.8 Å². The van der Waals surface area contributed by atoms with Crippen LogP contribution in [0.3, 0.4) is 0 Å². The molecule has 17 heavy (non-hydrogen) atoms. The van der Waals surface area contributed by atoms with E-state index < -0.39 is 8.03 Å². The first-order valence-electron chi connectivity index (χ1n) is 5.85. The first-order valence-corrected chi connectivity index (χ1v) is 7.21. The number of hydrogen-bond acceptors (Lipinski definition) is 2. The third-order valence-electron chi connectivity index (χ3n) is 2.67. The number of hydrogen-bond donors (Lipinski definition) is 0. The van der Waals surface area contributed by atoms with Crippen molar-refractivity contribution in [2.45, 2.75) is 13.3 Å². The fourth-order valence-corrected chi connectivity index (χ4v) is 2.68.